The first-order chi connectivity index (χ1) is 13.6. The Morgan fingerprint density at radius 2 is 1.57 bits per heavy atom. The molecule has 4 nitrogen and oxygen atoms in total. The van der Waals surface area contributed by atoms with E-state index in [0.29, 0.717) is 11.3 Å². The van der Waals surface area contributed by atoms with Crippen LogP contribution in [0.2, 0.25) is 0 Å². The van der Waals surface area contributed by atoms with E-state index in [4.69, 9.17) is 5.26 Å². The van der Waals surface area contributed by atoms with Crippen LogP contribution in [0.5, 0.6) is 0 Å². The van der Waals surface area contributed by atoms with Crippen molar-refractivity contribution < 1.29 is 14.3 Å². The molecular formula is C23H17FN2O2. The Morgan fingerprint density at radius 3 is 2.04 bits per heavy atom. The SMILES string of the molecule is N#Cc1ccc(CC(N=C(c2ccccc2)c2ccccc2)C(=O)O)cc1F. The number of hydrogen-bond acceptors (Lipinski definition) is 3. The Bertz CT molecular complexity index is 1000. The maximum Gasteiger partial charge on any atom is 0.328 e. The number of aliphatic carboxylic acids is 1. The molecule has 0 aliphatic rings. The molecule has 138 valence electrons. The van der Waals surface area contributed by atoms with E-state index in [1.54, 1.807) is 12.1 Å². The summed E-state index contributed by atoms with van der Waals surface area (Å²) in [6, 6.07) is 23.4. The average molecular weight is 372 g/mol. The fraction of sp³-hybridized carbons (Fsp3) is 0.0870. The Kier molecular flexibility index (Phi) is 5.93. The van der Waals surface area contributed by atoms with Crippen molar-refractivity contribution in [3.05, 3.63) is 107 Å². The van der Waals surface area contributed by atoms with Crippen LogP contribution in [0.3, 0.4) is 0 Å². The minimum atomic E-state index is -1.10. The molecule has 1 atom stereocenters. The van der Waals surface area contributed by atoms with Gasteiger partial charge in [-0.05, 0) is 17.7 Å². The molecule has 0 bridgehead atoms. The summed E-state index contributed by atoms with van der Waals surface area (Å²) in [5, 5.41) is 18.5. The summed E-state index contributed by atoms with van der Waals surface area (Å²) in [7, 11) is 0. The number of aliphatic imine (C=N–C) groups is 1. The molecule has 0 spiro atoms. The number of nitrogens with zero attached hydrogens (tertiary/aromatic N) is 2. The number of carbonyl (C=O) groups is 1. The molecule has 5 heteroatoms. The molecule has 0 fully saturated rings. The predicted molar refractivity (Wildman–Crippen MR) is 105 cm³/mol. The third-order valence-corrected chi connectivity index (χ3v) is 4.25. The van der Waals surface area contributed by atoms with Crippen molar-refractivity contribution in [1.82, 2.24) is 0 Å². The van der Waals surface area contributed by atoms with Crippen molar-refractivity contribution >= 4 is 11.7 Å². The summed E-state index contributed by atoms with van der Waals surface area (Å²) in [5.74, 6) is -1.77. The van der Waals surface area contributed by atoms with Crippen LogP contribution in [-0.2, 0) is 11.2 Å². The van der Waals surface area contributed by atoms with E-state index in [2.05, 4.69) is 4.99 Å². The highest BCUT2D eigenvalue weighted by Crippen LogP contribution is 2.16. The molecule has 0 aliphatic heterocycles. The normalized spacial score (nSPS) is 11.3. The number of rotatable bonds is 6. The molecule has 1 unspecified atom stereocenters. The number of nitriles is 1. The smallest absolute Gasteiger partial charge is 0.328 e. The topological polar surface area (TPSA) is 73.5 Å². The summed E-state index contributed by atoms with van der Waals surface area (Å²) in [5.41, 5.74) is 2.54. The lowest BCUT2D eigenvalue weighted by Crippen LogP contribution is -2.23. The first-order valence-electron chi connectivity index (χ1n) is 8.68. The third-order valence-electron chi connectivity index (χ3n) is 4.25. The first kappa shape index (κ1) is 19.0. The van der Waals surface area contributed by atoms with Gasteiger partial charge in [-0.3, -0.25) is 4.99 Å². The molecule has 0 radical (unpaired) electrons. The number of carboxylic acid groups (broad SMARTS) is 1. The van der Waals surface area contributed by atoms with Crippen LogP contribution >= 0.6 is 0 Å². The lowest BCUT2D eigenvalue weighted by Gasteiger charge is -2.13. The summed E-state index contributed by atoms with van der Waals surface area (Å²) in [4.78, 5) is 16.4. The Balaban J connectivity index is 2.01. The Labute approximate surface area is 162 Å². The van der Waals surface area contributed by atoms with Gasteiger partial charge in [0.1, 0.15) is 11.9 Å². The average Bonchev–Trinajstić information content (AvgIpc) is 2.72. The molecule has 0 aliphatic carbocycles. The molecule has 3 aromatic rings. The van der Waals surface area contributed by atoms with E-state index in [9.17, 15) is 14.3 Å². The zero-order valence-corrected chi connectivity index (χ0v) is 14.9. The lowest BCUT2D eigenvalue weighted by atomic mass is 10.0. The van der Waals surface area contributed by atoms with Gasteiger partial charge < -0.3 is 5.11 Å². The number of halogens is 1. The van der Waals surface area contributed by atoms with Crippen molar-refractivity contribution in [2.24, 2.45) is 4.99 Å². The van der Waals surface area contributed by atoms with Crippen molar-refractivity contribution in [2.45, 2.75) is 12.5 Å². The third kappa shape index (κ3) is 4.49. The highest BCUT2D eigenvalue weighted by atomic mass is 19.1. The van der Waals surface area contributed by atoms with Gasteiger partial charge in [0.2, 0.25) is 0 Å². The summed E-state index contributed by atoms with van der Waals surface area (Å²) >= 11 is 0. The minimum absolute atomic E-state index is 0.0150. The van der Waals surface area contributed by atoms with Crippen LogP contribution in [0, 0.1) is 17.1 Å². The van der Waals surface area contributed by atoms with Crippen molar-refractivity contribution in [3.63, 3.8) is 0 Å². The molecule has 0 aromatic heterocycles. The molecule has 28 heavy (non-hydrogen) atoms. The van der Waals surface area contributed by atoms with Crippen molar-refractivity contribution in [3.8, 4) is 6.07 Å². The fourth-order valence-corrected chi connectivity index (χ4v) is 2.85. The van der Waals surface area contributed by atoms with Gasteiger partial charge >= 0.3 is 5.97 Å². The van der Waals surface area contributed by atoms with E-state index < -0.39 is 17.8 Å². The Morgan fingerprint density at radius 1 is 1.00 bits per heavy atom. The zero-order valence-electron chi connectivity index (χ0n) is 14.9. The van der Waals surface area contributed by atoms with Crippen LogP contribution in [0.25, 0.3) is 0 Å². The van der Waals surface area contributed by atoms with Crippen LogP contribution in [-0.4, -0.2) is 22.8 Å². The van der Waals surface area contributed by atoms with E-state index in [-0.39, 0.29) is 12.0 Å². The molecule has 0 saturated carbocycles. The van der Waals surface area contributed by atoms with E-state index >= 15 is 0 Å². The maximum absolute atomic E-state index is 13.9. The van der Waals surface area contributed by atoms with Gasteiger partial charge in [0.25, 0.3) is 0 Å². The van der Waals surface area contributed by atoms with Crippen molar-refractivity contribution in [2.75, 3.05) is 0 Å². The molecule has 3 aromatic carbocycles. The van der Waals surface area contributed by atoms with E-state index in [1.807, 2.05) is 60.7 Å². The standard InChI is InChI=1S/C23H17FN2O2/c24-20-13-16(11-12-19(20)15-25)14-21(23(27)28)26-22(17-7-3-1-4-8-17)18-9-5-2-6-10-18/h1-13,21H,14H2,(H,27,28). The number of carboxylic acids is 1. The van der Waals surface area contributed by atoms with Gasteiger partial charge in [-0.2, -0.15) is 5.26 Å². The van der Waals surface area contributed by atoms with Crippen LogP contribution < -0.4 is 0 Å². The summed E-state index contributed by atoms with van der Waals surface area (Å²) in [6.45, 7) is 0. The summed E-state index contributed by atoms with van der Waals surface area (Å²) in [6.07, 6.45) is 0.0150. The van der Waals surface area contributed by atoms with Gasteiger partial charge in [0, 0.05) is 17.5 Å². The van der Waals surface area contributed by atoms with Crippen LogP contribution in [0.4, 0.5) is 4.39 Å². The van der Waals surface area contributed by atoms with E-state index in [1.165, 1.54) is 12.1 Å². The van der Waals surface area contributed by atoms with Gasteiger partial charge in [0.15, 0.2) is 6.04 Å². The first-order valence-corrected chi connectivity index (χ1v) is 8.68. The van der Waals surface area contributed by atoms with E-state index in [0.717, 1.165) is 11.1 Å². The molecule has 1 N–H and O–H groups in total. The zero-order chi connectivity index (χ0) is 19.9. The monoisotopic (exact) mass is 372 g/mol. The quantitative estimate of drug-likeness (QED) is 0.658. The lowest BCUT2D eigenvalue weighted by molar-refractivity contribution is -0.138. The highest BCUT2D eigenvalue weighted by molar-refractivity contribution is 6.13. The van der Waals surface area contributed by atoms with Gasteiger partial charge in [-0.15, -0.1) is 0 Å². The van der Waals surface area contributed by atoms with Gasteiger partial charge in [-0.25, -0.2) is 9.18 Å². The maximum atomic E-state index is 13.9. The second-order valence-corrected chi connectivity index (χ2v) is 6.19. The van der Waals surface area contributed by atoms with Crippen LogP contribution in [0.1, 0.15) is 22.3 Å². The number of hydrogen-bond donors (Lipinski definition) is 1. The molecule has 0 saturated heterocycles. The second-order valence-electron chi connectivity index (χ2n) is 6.19. The molecule has 3 rings (SSSR count). The molecular weight excluding hydrogens is 355 g/mol. The highest BCUT2D eigenvalue weighted by Gasteiger charge is 2.20. The summed E-state index contributed by atoms with van der Waals surface area (Å²) < 4.78 is 13.9. The molecule has 0 heterocycles. The van der Waals surface area contributed by atoms with Crippen LogP contribution in [0.15, 0.2) is 83.9 Å². The Hall–Kier alpha value is -3.78. The second kappa shape index (κ2) is 8.74. The van der Waals surface area contributed by atoms with Crippen molar-refractivity contribution in [1.29, 1.82) is 5.26 Å². The largest absolute Gasteiger partial charge is 0.480 e. The number of benzene rings is 3. The fourth-order valence-electron chi connectivity index (χ4n) is 2.85. The van der Waals surface area contributed by atoms with Gasteiger partial charge in [0.05, 0.1) is 11.3 Å². The predicted octanol–water partition coefficient (Wildman–Crippen LogP) is 4.23. The molecule has 0 amide bonds. The minimum Gasteiger partial charge on any atom is -0.480 e. The van der Waals surface area contributed by atoms with Gasteiger partial charge in [-0.1, -0.05) is 66.7 Å².